The fraction of sp³-hybridized carbons (Fsp3) is 0.100. The van der Waals surface area contributed by atoms with Crippen molar-refractivity contribution >= 4 is 37.7 Å². The molecule has 0 unspecified atom stereocenters. The standard InChI is InChI=1S/C20H14BrN/c21-15-10-11-19-17(12-15)16-6-3-5-14-9-8-13-4-1-2-7-18(13)22(19)20(14)16/h1-7,10-12H,8-9H2. The molecule has 106 valence electrons. The van der Waals surface area contributed by atoms with Gasteiger partial charge in [0, 0.05) is 20.9 Å². The first-order chi connectivity index (χ1) is 10.8. The summed E-state index contributed by atoms with van der Waals surface area (Å²) < 4.78 is 3.59. The third-order valence-corrected chi connectivity index (χ3v) is 5.22. The predicted octanol–water partition coefficient (Wildman–Crippen LogP) is 5.64. The highest BCUT2D eigenvalue weighted by Crippen LogP contribution is 2.38. The summed E-state index contributed by atoms with van der Waals surface area (Å²) in [4.78, 5) is 0. The molecule has 1 aromatic heterocycles. The maximum absolute atomic E-state index is 3.62. The van der Waals surface area contributed by atoms with Crippen LogP contribution in [0.25, 0.3) is 27.5 Å². The molecule has 0 atom stereocenters. The van der Waals surface area contributed by atoms with Gasteiger partial charge in [-0.2, -0.15) is 0 Å². The Morgan fingerprint density at radius 2 is 1.59 bits per heavy atom. The van der Waals surface area contributed by atoms with E-state index in [2.05, 4.69) is 81.2 Å². The minimum absolute atomic E-state index is 1.10. The second-order valence-corrected chi connectivity index (χ2v) is 6.85. The van der Waals surface area contributed by atoms with Crippen molar-refractivity contribution in [3.8, 4) is 5.69 Å². The molecule has 4 aromatic rings. The molecule has 0 spiro atoms. The highest BCUT2D eigenvalue weighted by atomic mass is 79.9. The quantitative estimate of drug-likeness (QED) is 0.387. The lowest BCUT2D eigenvalue weighted by Gasteiger charge is -2.10. The Kier molecular flexibility index (Phi) is 2.53. The third kappa shape index (κ3) is 1.59. The summed E-state index contributed by atoms with van der Waals surface area (Å²) in [6, 6.07) is 22.1. The van der Waals surface area contributed by atoms with Crippen LogP contribution in [-0.4, -0.2) is 4.57 Å². The normalized spacial score (nSPS) is 13.3. The van der Waals surface area contributed by atoms with E-state index in [0.29, 0.717) is 0 Å². The molecule has 2 heteroatoms. The Labute approximate surface area is 137 Å². The van der Waals surface area contributed by atoms with Gasteiger partial charge in [-0.25, -0.2) is 0 Å². The molecule has 0 radical (unpaired) electrons. The number of aryl methyl sites for hydroxylation is 2. The topological polar surface area (TPSA) is 4.93 Å². The van der Waals surface area contributed by atoms with E-state index in [4.69, 9.17) is 0 Å². The van der Waals surface area contributed by atoms with Crippen molar-refractivity contribution in [2.24, 2.45) is 0 Å². The summed E-state index contributed by atoms with van der Waals surface area (Å²) in [6.07, 6.45) is 2.21. The maximum Gasteiger partial charge on any atom is 0.0573 e. The molecule has 0 saturated heterocycles. The molecule has 1 nitrogen and oxygen atoms in total. The number of fused-ring (bicyclic) bond motifs is 5. The van der Waals surface area contributed by atoms with E-state index in [9.17, 15) is 0 Å². The van der Waals surface area contributed by atoms with Gasteiger partial charge < -0.3 is 4.57 Å². The van der Waals surface area contributed by atoms with Crippen LogP contribution in [-0.2, 0) is 12.8 Å². The van der Waals surface area contributed by atoms with Crippen LogP contribution in [0.3, 0.4) is 0 Å². The summed E-state index contributed by atoms with van der Waals surface area (Å²) in [6.45, 7) is 0. The zero-order valence-electron chi connectivity index (χ0n) is 12.0. The zero-order valence-corrected chi connectivity index (χ0v) is 13.6. The molecule has 5 rings (SSSR count). The molecule has 0 amide bonds. The number of benzene rings is 3. The number of halogens is 1. The lowest BCUT2D eigenvalue weighted by Crippen LogP contribution is -1.96. The van der Waals surface area contributed by atoms with E-state index in [1.807, 2.05) is 0 Å². The van der Waals surface area contributed by atoms with Gasteiger partial charge in [0.2, 0.25) is 0 Å². The van der Waals surface area contributed by atoms with Crippen molar-refractivity contribution in [2.75, 3.05) is 0 Å². The second kappa shape index (κ2) is 4.47. The van der Waals surface area contributed by atoms with Gasteiger partial charge in [0.1, 0.15) is 0 Å². The number of para-hydroxylation sites is 2. The summed E-state index contributed by atoms with van der Waals surface area (Å²) in [7, 11) is 0. The van der Waals surface area contributed by atoms with Crippen molar-refractivity contribution in [1.29, 1.82) is 0 Å². The Morgan fingerprint density at radius 3 is 2.55 bits per heavy atom. The van der Waals surface area contributed by atoms with Crippen molar-refractivity contribution in [3.63, 3.8) is 0 Å². The number of nitrogens with zero attached hydrogens (tertiary/aromatic N) is 1. The molecule has 0 fully saturated rings. The van der Waals surface area contributed by atoms with Crippen molar-refractivity contribution in [1.82, 2.24) is 4.57 Å². The van der Waals surface area contributed by atoms with Gasteiger partial charge in [-0.1, -0.05) is 52.3 Å². The Hall–Kier alpha value is -2.06. The molecule has 22 heavy (non-hydrogen) atoms. The van der Waals surface area contributed by atoms with E-state index in [0.717, 1.165) is 17.3 Å². The SMILES string of the molecule is Brc1ccc2c(c1)c1cccc3c1n2-c1ccccc1CC3. The summed E-state index contributed by atoms with van der Waals surface area (Å²) in [5.41, 5.74) is 6.87. The van der Waals surface area contributed by atoms with E-state index < -0.39 is 0 Å². The number of hydrogen-bond donors (Lipinski definition) is 0. The molecule has 0 saturated carbocycles. The molecule has 0 aliphatic carbocycles. The second-order valence-electron chi connectivity index (χ2n) is 5.94. The predicted molar refractivity (Wildman–Crippen MR) is 95.9 cm³/mol. The van der Waals surface area contributed by atoms with Gasteiger partial charge in [-0.05, 0) is 48.2 Å². The molecule has 1 aliphatic rings. The first kappa shape index (κ1) is 12.5. The van der Waals surface area contributed by atoms with Crippen LogP contribution in [0.1, 0.15) is 11.1 Å². The van der Waals surface area contributed by atoms with Crippen molar-refractivity contribution in [3.05, 3.63) is 76.3 Å². The van der Waals surface area contributed by atoms with Gasteiger partial charge >= 0.3 is 0 Å². The number of hydrogen-bond acceptors (Lipinski definition) is 0. The Morgan fingerprint density at radius 1 is 0.773 bits per heavy atom. The zero-order chi connectivity index (χ0) is 14.7. The third-order valence-electron chi connectivity index (χ3n) is 4.73. The summed E-state index contributed by atoms with van der Waals surface area (Å²) in [5.74, 6) is 0. The first-order valence-corrected chi connectivity index (χ1v) is 8.42. The number of rotatable bonds is 0. The van der Waals surface area contributed by atoms with Gasteiger partial charge in [-0.15, -0.1) is 0 Å². The van der Waals surface area contributed by atoms with Gasteiger partial charge in [0.05, 0.1) is 11.0 Å². The fourth-order valence-electron chi connectivity index (χ4n) is 3.77. The van der Waals surface area contributed by atoms with Crippen LogP contribution in [0.5, 0.6) is 0 Å². The lowest BCUT2D eigenvalue weighted by molar-refractivity contribution is 0.975. The highest BCUT2D eigenvalue weighted by Gasteiger charge is 2.19. The van der Waals surface area contributed by atoms with E-state index in [-0.39, 0.29) is 0 Å². The average Bonchev–Trinajstić information content (AvgIpc) is 2.77. The molecular weight excluding hydrogens is 334 g/mol. The van der Waals surface area contributed by atoms with Crippen molar-refractivity contribution < 1.29 is 0 Å². The van der Waals surface area contributed by atoms with Crippen LogP contribution >= 0.6 is 15.9 Å². The molecule has 1 aliphatic heterocycles. The molecule has 2 heterocycles. The molecule has 3 aromatic carbocycles. The summed E-state index contributed by atoms with van der Waals surface area (Å²) >= 11 is 3.62. The minimum atomic E-state index is 1.10. The van der Waals surface area contributed by atoms with Gasteiger partial charge in [-0.3, -0.25) is 0 Å². The summed E-state index contributed by atoms with van der Waals surface area (Å²) in [5, 5.41) is 2.67. The average molecular weight is 348 g/mol. The smallest absolute Gasteiger partial charge is 0.0573 e. The number of aromatic nitrogens is 1. The monoisotopic (exact) mass is 347 g/mol. The van der Waals surface area contributed by atoms with E-state index >= 15 is 0 Å². The van der Waals surface area contributed by atoms with Crippen LogP contribution in [0.15, 0.2) is 65.1 Å². The van der Waals surface area contributed by atoms with Crippen LogP contribution in [0.2, 0.25) is 0 Å². The highest BCUT2D eigenvalue weighted by molar-refractivity contribution is 9.10. The minimum Gasteiger partial charge on any atom is -0.309 e. The largest absolute Gasteiger partial charge is 0.309 e. The van der Waals surface area contributed by atoms with Crippen LogP contribution in [0.4, 0.5) is 0 Å². The fourth-order valence-corrected chi connectivity index (χ4v) is 4.13. The molecular formula is C20H14BrN. The van der Waals surface area contributed by atoms with E-state index in [1.54, 1.807) is 0 Å². The maximum atomic E-state index is 3.62. The Bertz CT molecular complexity index is 1040. The molecule has 0 bridgehead atoms. The molecule has 0 N–H and O–H groups in total. The lowest BCUT2D eigenvalue weighted by atomic mass is 10.0. The van der Waals surface area contributed by atoms with E-state index in [1.165, 1.54) is 38.6 Å². The van der Waals surface area contributed by atoms with Gasteiger partial charge in [0.15, 0.2) is 0 Å². The first-order valence-electron chi connectivity index (χ1n) is 7.63. The Balaban J connectivity index is 2.08. The van der Waals surface area contributed by atoms with Crippen molar-refractivity contribution in [2.45, 2.75) is 12.8 Å². The van der Waals surface area contributed by atoms with Crippen LogP contribution in [0, 0.1) is 0 Å². The van der Waals surface area contributed by atoms with Crippen LogP contribution < -0.4 is 0 Å². The van der Waals surface area contributed by atoms with Gasteiger partial charge in [0.25, 0.3) is 0 Å².